The van der Waals surface area contributed by atoms with Crippen molar-refractivity contribution in [2.45, 2.75) is 25.8 Å². The number of rotatable bonds is 4. The zero-order chi connectivity index (χ0) is 17.9. The van der Waals surface area contributed by atoms with Gasteiger partial charge in [0.1, 0.15) is 5.82 Å². The van der Waals surface area contributed by atoms with Gasteiger partial charge in [-0.3, -0.25) is 9.36 Å². The van der Waals surface area contributed by atoms with Gasteiger partial charge in [-0.1, -0.05) is 30.3 Å². The van der Waals surface area contributed by atoms with Gasteiger partial charge in [0.15, 0.2) is 0 Å². The van der Waals surface area contributed by atoms with Crippen molar-refractivity contribution in [3.05, 3.63) is 60.4 Å². The van der Waals surface area contributed by atoms with Crippen molar-refractivity contribution >= 4 is 29.3 Å². The summed E-state index contributed by atoms with van der Waals surface area (Å²) in [6.07, 6.45) is 1.12. The Kier molecular flexibility index (Phi) is 6.14. The van der Waals surface area contributed by atoms with Gasteiger partial charge in [0.25, 0.3) is 0 Å². The Morgan fingerprint density at radius 3 is 2.67 bits per heavy atom. The van der Waals surface area contributed by atoms with Crippen LogP contribution in [0.5, 0.6) is 0 Å². The van der Waals surface area contributed by atoms with Crippen LogP contribution in [0.4, 0.5) is 0 Å². The van der Waals surface area contributed by atoms with E-state index in [0.29, 0.717) is 12.8 Å². The van der Waals surface area contributed by atoms with Crippen LogP contribution in [0.3, 0.4) is 0 Å². The number of carbonyl (C=O) groups excluding carboxylic acids is 1. The average Bonchev–Trinajstić information content (AvgIpc) is 3.05. The molecule has 142 valence electrons. The fourth-order valence-electron chi connectivity index (χ4n) is 3.68. The number of nitrogens with one attached hydrogen (secondary N) is 1. The quantitative estimate of drug-likeness (QED) is 0.751. The second-order valence-corrected chi connectivity index (χ2v) is 6.83. The number of aromatic nitrogens is 2. The number of benzene rings is 2. The van der Waals surface area contributed by atoms with Crippen LogP contribution in [0.2, 0.25) is 0 Å². The SMILES string of the molecule is C[C@H]1CNCCN1C(=O)CCc1nc2ccccc2n1-c1ccccc1.Cl. The molecule has 3 aromatic rings. The molecule has 27 heavy (non-hydrogen) atoms. The number of piperazine rings is 1. The average molecular weight is 385 g/mol. The van der Waals surface area contributed by atoms with E-state index in [1.165, 1.54) is 0 Å². The molecule has 0 unspecified atom stereocenters. The van der Waals surface area contributed by atoms with Crippen molar-refractivity contribution in [1.29, 1.82) is 0 Å². The van der Waals surface area contributed by atoms with Crippen LogP contribution in [0.1, 0.15) is 19.2 Å². The van der Waals surface area contributed by atoms with Crippen molar-refractivity contribution in [2.24, 2.45) is 0 Å². The van der Waals surface area contributed by atoms with E-state index in [9.17, 15) is 4.79 Å². The Morgan fingerprint density at radius 2 is 1.89 bits per heavy atom. The molecule has 1 fully saturated rings. The lowest BCUT2D eigenvalue weighted by Crippen LogP contribution is -2.52. The normalized spacial score (nSPS) is 16.9. The Bertz CT molecular complexity index is 909. The minimum Gasteiger partial charge on any atom is -0.337 e. The van der Waals surface area contributed by atoms with Gasteiger partial charge in [-0.25, -0.2) is 4.98 Å². The van der Waals surface area contributed by atoms with E-state index < -0.39 is 0 Å². The summed E-state index contributed by atoms with van der Waals surface area (Å²) in [5, 5.41) is 3.33. The second kappa shape index (κ2) is 8.55. The number of fused-ring (bicyclic) bond motifs is 1. The van der Waals surface area contributed by atoms with E-state index >= 15 is 0 Å². The number of aryl methyl sites for hydroxylation is 1. The lowest BCUT2D eigenvalue weighted by Gasteiger charge is -2.34. The molecule has 0 aliphatic carbocycles. The first-order chi connectivity index (χ1) is 12.7. The van der Waals surface area contributed by atoms with Crippen LogP contribution in [-0.2, 0) is 11.2 Å². The largest absolute Gasteiger partial charge is 0.337 e. The smallest absolute Gasteiger partial charge is 0.223 e. The molecule has 0 bridgehead atoms. The minimum absolute atomic E-state index is 0. The summed E-state index contributed by atoms with van der Waals surface area (Å²) < 4.78 is 2.17. The van der Waals surface area contributed by atoms with Crippen molar-refractivity contribution in [3.8, 4) is 5.69 Å². The number of imidazole rings is 1. The van der Waals surface area contributed by atoms with Gasteiger partial charge in [-0.15, -0.1) is 12.4 Å². The van der Waals surface area contributed by atoms with Crippen LogP contribution in [0.25, 0.3) is 16.7 Å². The van der Waals surface area contributed by atoms with Crippen LogP contribution in [0.15, 0.2) is 54.6 Å². The standard InChI is InChI=1S/C21H24N4O.ClH/c1-16-15-22-13-14-24(16)21(26)12-11-20-23-18-9-5-6-10-19(18)25(20)17-7-3-2-4-8-17;/h2-10,16,22H,11-15H2,1H3;1H/t16-;/m0./s1. The monoisotopic (exact) mass is 384 g/mol. The fourth-order valence-corrected chi connectivity index (χ4v) is 3.68. The number of halogens is 1. The molecule has 1 aliphatic rings. The molecule has 0 saturated carbocycles. The molecule has 1 atom stereocenters. The predicted octanol–water partition coefficient (Wildman–Crippen LogP) is 3.20. The van der Waals surface area contributed by atoms with Gasteiger partial charge in [-0.05, 0) is 31.2 Å². The first-order valence-corrected chi connectivity index (χ1v) is 9.26. The van der Waals surface area contributed by atoms with Gasteiger partial charge < -0.3 is 10.2 Å². The van der Waals surface area contributed by atoms with E-state index in [-0.39, 0.29) is 24.4 Å². The molecule has 5 nitrogen and oxygen atoms in total. The molecule has 1 saturated heterocycles. The van der Waals surface area contributed by atoms with Crippen LogP contribution in [0, 0.1) is 0 Å². The summed E-state index contributed by atoms with van der Waals surface area (Å²) in [5.41, 5.74) is 3.13. The zero-order valence-corrected chi connectivity index (χ0v) is 16.3. The third-order valence-corrected chi connectivity index (χ3v) is 5.03. The topological polar surface area (TPSA) is 50.2 Å². The number of hydrogen-bond acceptors (Lipinski definition) is 3. The third-order valence-electron chi connectivity index (χ3n) is 5.03. The lowest BCUT2D eigenvalue weighted by atomic mass is 10.1. The summed E-state index contributed by atoms with van der Waals surface area (Å²) in [5.74, 6) is 1.15. The molecule has 0 spiro atoms. The molecule has 1 aromatic heterocycles. The fraction of sp³-hybridized carbons (Fsp3) is 0.333. The van der Waals surface area contributed by atoms with E-state index in [1.54, 1.807) is 0 Å². The summed E-state index contributed by atoms with van der Waals surface area (Å²) in [7, 11) is 0. The highest BCUT2D eigenvalue weighted by Crippen LogP contribution is 2.22. The molecule has 0 radical (unpaired) electrons. The Labute approximate surface area is 165 Å². The molecule has 1 amide bonds. The molecule has 1 aliphatic heterocycles. The predicted molar refractivity (Wildman–Crippen MR) is 111 cm³/mol. The van der Waals surface area contributed by atoms with E-state index in [1.807, 2.05) is 41.3 Å². The van der Waals surface area contributed by atoms with Crippen molar-refractivity contribution in [2.75, 3.05) is 19.6 Å². The molecule has 6 heteroatoms. The number of amides is 1. The van der Waals surface area contributed by atoms with Crippen molar-refractivity contribution < 1.29 is 4.79 Å². The third kappa shape index (κ3) is 3.99. The van der Waals surface area contributed by atoms with Crippen molar-refractivity contribution in [1.82, 2.24) is 19.8 Å². The summed E-state index contributed by atoms with van der Waals surface area (Å²) >= 11 is 0. The molecule has 2 heterocycles. The number of carbonyl (C=O) groups is 1. The highest BCUT2D eigenvalue weighted by atomic mass is 35.5. The Hall–Kier alpha value is -2.37. The first-order valence-electron chi connectivity index (χ1n) is 9.26. The van der Waals surface area contributed by atoms with E-state index in [0.717, 1.165) is 42.2 Å². The molecule has 1 N–H and O–H groups in total. The Morgan fingerprint density at radius 1 is 1.15 bits per heavy atom. The maximum atomic E-state index is 12.7. The van der Waals surface area contributed by atoms with E-state index in [4.69, 9.17) is 4.98 Å². The highest BCUT2D eigenvalue weighted by molar-refractivity contribution is 5.85. The minimum atomic E-state index is 0. The number of para-hydroxylation sites is 3. The van der Waals surface area contributed by atoms with Gasteiger partial charge in [0.2, 0.25) is 5.91 Å². The molecular weight excluding hydrogens is 360 g/mol. The first kappa shape index (κ1) is 19.4. The lowest BCUT2D eigenvalue weighted by molar-refractivity contribution is -0.133. The van der Waals surface area contributed by atoms with Gasteiger partial charge >= 0.3 is 0 Å². The second-order valence-electron chi connectivity index (χ2n) is 6.83. The number of hydrogen-bond donors (Lipinski definition) is 1. The zero-order valence-electron chi connectivity index (χ0n) is 15.5. The molecular formula is C21H25ClN4O. The highest BCUT2D eigenvalue weighted by Gasteiger charge is 2.23. The summed E-state index contributed by atoms with van der Waals surface area (Å²) in [6, 6.07) is 18.6. The van der Waals surface area contributed by atoms with Crippen LogP contribution < -0.4 is 5.32 Å². The van der Waals surface area contributed by atoms with Gasteiger partial charge in [0.05, 0.1) is 11.0 Å². The molecule has 4 rings (SSSR count). The Balaban J connectivity index is 0.00000210. The van der Waals surface area contributed by atoms with Crippen LogP contribution >= 0.6 is 12.4 Å². The van der Waals surface area contributed by atoms with Crippen molar-refractivity contribution in [3.63, 3.8) is 0 Å². The van der Waals surface area contributed by atoms with Gasteiger partial charge in [0, 0.05) is 44.2 Å². The maximum Gasteiger partial charge on any atom is 0.223 e. The van der Waals surface area contributed by atoms with Gasteiger partial charge in [-0.2, -0.15) is 0 Å². The number of nitrogens with zero attached hydrogens (tertiary/aromatic N) is 3. The summed E-state index contributed by atoms with van der Waals surface area (Å²) in [6.45, 7) is 4.63. The molecule has 2 aromatic carbocycles. The van der Waals surface area contributed by atoms with Crippen LogP contribution in [-0.4, -0.2) is 46.0 Å². The van der Waals surface area contributed by atoms with E-state index in [2.05, 4.69) is 35.0 Å². The maximum absolute atomic E-state index is 12.7. The summed E-state index contributed by atoms with van der Waals surface area (Å²) in [4.78, 5) is 19.5.